The highest BCUT2D eigenvalue weighted by Crippen LogP contribution is 2.30. The minimum Gasteiger partial charge on any atom is -0.450 e. The monoisotopic (exact) mass is 455 g/mol. The number of nitrogens with one attached hydrogen (secondary N) is 1. The second-order valence-corrected chi connectivity index (χ2v) is 9.69. The van der Waals surface area contributed by atoms with Gasteiger partial charge in [-0.25, -0.2) is 4.79 Å². The molecule has 4 bridgehead atoms. The molecular formula is C26H37N3O4. The first-order chi connectivity index (χ1) is 16.0. The summed E-state index contributed by atoms with van der Waals surface area (Å²) in [4.78, 5) is 41.8. The molecule has 0 aromatic heterocycles. The van der Waals surface area contributed by atoms with Crippen molar-refractivity contribution in [2.75, 3.05) is 26.2 Å². The number of nitrogens with zero attached hydrogens (tertiary/aromatic N) is 2. The van der Waals surface area contributed by atoms with E-state index in [-0.39, 0.29) is 30.3 Å². The van der Waals surface area contributed by atoms with Crippen molar-refractivity contribution in [3.8, 4) is 0 Å². The van der Waals surface area contributed by atoms with E-state index in [4.69, 9.17) is 4.74 Å². The number of rotatable bonds is 1. The standard InChI is InChI=1S/C26H37N3O4/c1-2-22-14-19-15-24(30)28-12-11-21-10-7-9-20(23(21)18-28)8-5-3-4-6-13-33-26(32)27-16-25(31)29(22)17-19/h7,9-10,19,22H,2-6,8,11-18H2,1H3,(H,27,32). The molecule has 1 N–H and O–H groups in total. The largest absolute Gasteiger partial charge is 0.450 e. The summed E-state index contributed by atoms with van der Waals surface area (Å²) in [5, 5.41) is 2.60. The Kier molecular flexibility index (Phi) is 7.89. The summed E-state index contributed by atoms with van der Waals surface area (Å²) in [5.41, 5.74) is 4.07. The van der Waals surface area contributed by atoms with Gasteiger partial charge in [0.05, 0.1) is 6.61 Å². The third-order valence-corrected chi connectivity index (χ3v) is 7.44. The fourth-order valence-electron chi connectivity index (χ4n) is 5.56. The van der Waals surface area contributed by atoms with Gasteiger partial charge in [-0.1, -0.05) is 38.0 Å². The van der Waals surface area contributed by atoms with Crippen molar-refractivity contribution in [1.82, 2.24) is 15.1 Å². The maximum absolute atomic E-state index is 13.2. The van der Waals surface area contributed by atoms with E-state index in [2.05, 4.69) is 30.4 Å². The molecule has 2 atom stereocenters. The van der Waals surface area contributed by atoms with Crippen LogP contribution in [0.1, 0.15) is 68.6 Å². The Balaban J connectivity index is 1.48. The van der Waals surface area contributed by atoms with E-state index in [1.54, 1.807) is 0 Å². The van der Waals surface area contributed by atoms with Crippen LogP contribution in [0.15, 0.2) is 18.2 Å². The Morgan fingerprint density at radius 3 is 2.64 bits per heavy atom. The third-order valence-electron chi connectivity index (χ3n) is 7.44. The molecule has 2 unspecified atom stereocenters. The predicted molar refractivity (Wildman–Crippen MR) is 126 cm³/mol. The van der Waals surface area contributed by atoms with Crippen LogP contribution in [0.5, 0.6) is 0 Å². The minimum atomic E-state index is -0.532. The molecule has 4 rings (SSSR count). The number of ether oxygens (including phenoxy) is 1. The molecule has 0 aliphatic carbocycles. The van der Waals surface area contributed by atoms with E-state index in [9.17, 15) is 14.4 Å². The second kappa shape index (κ2) is 11.0. The van der Waals surface area contributed by atoms with Crippen molar-refractivity contribution in [3.05, 3.63) is 34.9 Å². The number of alkyl carbamates (subject to hydrolysis) is 1. The van der Waals surface area contributed by atoms with Crippen molar-refractivity contribution in [2.45, 2.75) is 77.3 Å². The lowest BCUT2D eigenvalue weighted by molar-refractivity contribution is -0.134. The van der Waals surface area contributed by atoms with Crippen LogP contribution in [-0.4, -0.2) is 60.0 Å². The molecule has 3 amide bonds. The fraction of sp³-hybridized carbons (Fsp3) is 0.654. The van der Waals surface area contributed by atoms with Gasteiger partial charge in [0.1, 0.15) is 6.54 Å². The molecule has 7 heteroatoms. The second-order valence-electron chi connectivity index (χ2n) is 9.69. The van der Waals surface area contributed by atoms with Gasteiger partial charge in [-0.2, -0.15) is 0 Å². The molecule has 3 heterocycles. The Morgan fingerprint density at radius 2 is 1.82 bits per heavy atom. The van der Waals surface area contributed by atoms with Crippen molar-refractivity contribution in [3.63, 3.8) is 0 Å². The van der Waals surface area contributed by atoms with Gasteiger partial charge < -0.3 is 19.9 Å². The Bertz CT molecular complexity index is 871. The van der Waals surface area contributed by atoms with Gasteiger partial charge in [0.2, 0.25) is 11.8 Å². The van der Waals surface area contributed by atoms with E-state index >= 15 is 0 Å². The average molecular weight is 456 g/mol. The Labute approximate surface area is 196 Å². The molecular weight excluding hydrogens is 418 g/mol. The molecule has 1 aromatic carbocycles. The molecule has 33 heavy (non-hydrogen) atoms. The van der Waals surface area contributed by atoms with Crippen molar-refractivity contribution < 1.29 is 19.1 Å². The molecule has 0 saturated carbocycles. The molecule has 1 saturated heterocycles. The number of hydrogen-bond acceptors (Lipinski definition) is 4. The molecule has 0 spiro atoms. The van der Waals surface area contributed by atoms with Gasteiger partial charge in [-0.15, -0.1) is 0 Å². The van der Waals surface area contributed by atoms with Crippen LogP contribution in [0.25, 0.3) is 0 Å². The number of cyclic esters (lactones) is 1. The average Bonchev–Trinajstić information content (AvgIpc) is 3.24. The van der Waals surface area contributed by atoms with E-state index in [0.717, 1.165) is 57.9 Å². The lowest BCUT2D eigenvalue weighted by atomic mass is 9.91. The summed E-state index contributed by atoms with van der Waals surface area (Å²) >= 11 is 0. The van der Waals surface area contributed by atoms with Crippen LogP contribution in [0.4, 0.5) is 4.79 Å². The first-order valence-electron chi connectivity index (χ1n) is 12.6. The maximum atomic E-state index is 13.2. The molecule has 7 nitrogen and oxygen atoms in total. The fourth-order valence-corrected chi connectivity index (χ4v) is 5.56. The number of aryl methyl sites for hydroxylation is 1. The lowest BCUT2D eigenvalue weighted by Gasteiger charge is -2.31. The Hall–Kier alpha value is -2.57. The van der Waals surface area contributed by atoms with Crippen LogP contribution >= 0.6 is 0 Å². The maximum Gasteiger partial charge on any atom is 0.407 e. The van der Waals surface area contributed by atoms with Crippen LogP contribution < -0.4 is 5.32 Å². The summed E-state index contributed by atoms with van der Waals surface area (Å²) in [7, 11) is 0. The highest BCUT2D eigenvalue weighted by molar-refractivity contribution is 5.83. The summed E-state index contributed by atoms with van der Waals surface area (Å²) in [5.74, 6) is 0.265. The van der Waals surface area contributed by atoms with Crippen LogP contribution in [0.2, 0.25) is 0 Å². The molecule has 3 aliphatic rings. The normalized spacial score (nSPS) is 25.4. The number of fused-ring (bicyclic) bond motifs is 3. The highest BCUT2D eigenvalue weighted by atomic mass is 16.5. The molecule has 0 radical (unpaired) electrons. The Morgan fingerprint density at radius 1 is 1.03 bits per heavy atom. The molecule has 180 valence electrons. The SMILES string of the molecule is CCC1CC2CC(=O)N3CCc4cccc(c4C3)CCCCCCOC(=O)NCC(=O)N1C2. The zero-order valence-electron chi connectivity index (χ0n) is 19.8. The van der Waals surface area contributed by atoms with Crippen molar-refractivity contribution >= 4 is 17.9 Å². The van der Waals surface area contributed by atoms with Crippen LogP contribution in [0, 0.1) is 5.92 Å². The van der Waals surface area contributed by atoms with E-state index in [1.165, 1.54) is 16.7 Å². The van der Waals surface area contributed by atoms with E-state index in [0.29, 0.717) is 26.1 Å². The number of benzene rings is 1. The van der Waals surface area contributed by atoms with Gasteiger partial charge >= 0.3 is 6.09 Å². The minimum absolute atomic E-state index is 0.0539. The molecule has 1 fully saturated rings. The van der Waals surface area contributed by atoms with Crippen molar-refractivity contribution in [1.29, 1.82) is 0 Å². The van der Waals surface area contributed by atoms with E-state index < -0.39 is 6.09 Å². The summed E-state index contributed by atoms with van der Waals surface area (Å²) in [6.45, 7) is 4.45. The number of carbonyl (C=O) groups excluding carboxylic acids is 3. The van der Waals surface area contributed by atoms with Crippen LogP contribution in [0.3, 0.4) is 0 Å². The number of hydrogen-bond donors (Lipinski definition) is 1. The summed E-state index contributed by atoms with van der Waals surface area (Å²) in [6.07, 6.45) is 7.55. The third kappa shape index (κ3) is 5.87. The summed E-state index contributed by atoms with van der Waals surface area (Å²) in [6, 6.07) is 6.67. The smallest absolute Gasteiger partial charge is 0.407 e. The van der Waals surface area contributed by atoms with Gasteiger partial charge in [0, 0.05) is 32.1 Å². The quantitative estimate of drug-likeness (QED) is 0.704. The van der Waals surface area contributed by atoms with Gasteiger partial charge in [-0.05, 0) is 61.1 Å². The number of carbonyl (C=O) groups is 3. The zero-order chi connectivity index (χ0) is 23.2. The summed E-state index contributed by atoms with van der Waals surface area (Å²) < 4.78 is 5.24. The first-order valence-corrected chi connectivity index (χ1v) is 12.6. The molecule has 1 aromatic rings. The first kappa shape index (κ1) is 23.6. The van der Waals surface area contributed by atoms with Gasteiger partial charge in [-0.3, -0.25) is 9.59 Å². The van der Waals surface area contributed by atoms with Gasteiger partial charge in [0.25, 0.3) is 0 Å². The van der Waals surface area contributed by atoms with Crippen LogP contribution in [-0.2, 0) is 33.7 Å². The zero-order valence-corrected chi connectivity index (χ0v) is 19.8. The topological polar surface area (TPSA) is 79.0 Å². The molecule has 3 aliphatic heterocycles. The highest BCUT2D eigenvalue weighted by Gasteiger charge is 2.36. The predicted octanol–water partition coefficient (Wildman–Crippen LogP) is 3.43. The lowest BCUT2D eigenvalue weighted by Crippen LogP contribution is -2.43. The van der Waals surface area contributed by atoms with E-state index in [1.807, 2.05) is 9.80 Å². The van der Waals surface area contributed by atoms with Gasteiger partial charge in [0.15, 0.2) is 0 Å². The van der Waals surface area contributed by atoms with Crippen molar-refractivity contribution in [2.24, 2.45) is 5.92 Å². The number of amides is 3.